The molecule has 0 N–H and O–H groups in total. The molecule has 0 atom stereocenters. The fourth-order valence-electron chi connectivity index (χ4n) is 0. The van der Waals surface area contributed by atoms with Crippen molar-refractivity contribution >= 4 is 20.6 Å². The minimum atomic E-state index is 0.958. The summed E-state index contributed by atoms with van der Waals surface area (Å²) in [6.07, 6.45) is 0. The summed E-state index contributed by atoms with van der Waals surface area (Å²) in [6, 6.07) is 0. The van der Waals surface area contributed by atoms with E-state index in [4.69, 9.17) is 0 Å². The topological polar surface area (TPSA) is 0 Å². The van der Waals surface area contributed by atoms with E-state index in [9.17, 15) is 0 Å². The molecular formula is CrS2Zn. The van der Waals surface area contributed by atoms with E-state index >= 15 is 0 Å². The third-order valence-electron chi connectivity index (χ3n) is 0. The van der Waals surface area contributed by atoms with Crippen LogP contribution in [-0.2, 0) is 31.2 Å². The zero-order valence-corrected chi connectivity index (χ0v) is 7.81. The predicted octanol–water partition coefficient (Wildman–Crippen LogP) is 1.29. The molecule has 0 aromatic rings. The van der Waals surface area contributed by atoms with E-state index < -0.39 is 0 Å². The predicted molar refractivity (Wildman–Crippen MR) is 15.2 cm³/mol. The molecule has 4 heteroatoms. The van der Waals surface area contributed by atoms with E-state index in [-0.39, 0.29) is 0 Å². The first-order chi connectivity index (χ1) is 2.00. The molecule has 0 radical (unpaired) electrons. The van der Waals surface area contributed by atoms with Crippen molar-refractivity contribution in [3.63, 3.8) is 0 Å². The average Bonchev–Trinajstić information content (AvgIpc) is 1.50. The van der Waals surface area contributed by atoms with Crippen LogP contribution in [0.3, 0.4) is 0 Å². The van der Waals surface area contributed by atoms with Crippen molar-refractivity contribution in [1.29, 1.82) is 0 Å². The van der Waals surface area contributed by atoms with Gasteiger partial charge in [-0.25, -0.2) is 0 Å². The Hall–Kier alpha value is 1.60. The Morgan fingerprint density at radius 1 is 1.25 bits per heavy atom. The van der Waals surface area contributed by atoms with Gasteiger partial charge in [0.2, 0.25) is 0 Å². The summed E-state index contributed by atoms with van der Waals surface area (Å²) in [5.41, 5.74) is 0. The zero-order chi connectivity index (χ0) is 4.00. The molecule has 0 amide bonds. The maximum absolute atomic E-state index is 4.21. The standard InChI is InChI=1S/Cr.2S.Zn. The first-order valence-electron chi connectivity index (χ1n) is 0.455. The van der Waals surface area contributed by atoms with E-state index in [1.807, 2.05) is 0 Å². The van der Waals surface area contributed by atoms with Crippen LogP contribution in [0.25, 0.3) is 0 Å². The number of hydrogen-bond donors (Lipinski definition) is 0. The van der Waals surface area contributed by atoms with Crippen LogP contribution in [0.15, 0.2) is 0 Å². The van der Waals surface area contributed by atoms with Gasteiger partial charge in [0.05, 0.1) is 0 Å². The molecule has 0 aromatic carbocycles. The normalized spacial score (nSPS) is 2.50. The zero-order valence-electron chi connectivity index (χ0n) is 1.93. The Balaban J connectivity index is 0. The number of hydrogen-bond acceptors (Lipinski definition) is 2. The molecular weight excluding hydrogens is 182 g/mol. The molecule has 0 saturated heterocycles. The Bertz CT molecular complexity index is 8.00. The molecule has 0 unspecified atom stereocenters. The van der Waals surface area contributed by atoms with Crippen molar-refractivity contribution < 1.29 is 31.2 Å². The number of rotatable bonds is 0. The maximum atomic E-state index is 4.21. The Morgan fingerprint density at radius 3 is 1.25 bits per heavy atom. The van der Waals surface area contributed by atoms with Crippen LogP contribution in [0.1, 0.15) is 0 Å². The van der Waals surface area contributed by atoms with Gasteiger partial charge >= 0.3 is 51.8 Å². The fraction of sp³-hybridized carbons (Fsp3) is 0. The van der Waals surface area contributed by atoms with E-state index in [1.165, 1.54) is 0 Å². The third-order valence-corrected chi connectivity index (χ3v) is 0. The quantitative estimate of drug-likeness (QED) is 0.517. The molecule has 4 heavy (non-hydrogen) atoms. The summed E-state index contributed by atoms with van der Waals surface area (Å²) in [5, 5.41) is 0. The van der Waals surface area contributed by atoms with Crippen molar-refractivity contribution in [2.24, 2.45) is 0 Å². The molecule has 0 rings (SSSR count). The van der Waals surface area contributed by atoms with E-state index in [2.05, 4.69) is 35.3 Å². The fourth-order valence-corrected chi connectivity index (χ4v) is 0. The van der Waals surface area contributed by atoms with Gasteiger partial charge in [0.1, 0.15) is 0 Å². The molecule has 0 aliphatic rings. The first kappa shape index (κ1) is 9.14. The van der Waals surface area contributed by atoms with Gasteiger partial charge in [0.15, 0.2) is 0 Å². The molecule has 0 heterocycles. The second-order valence-electron chi connectivity index (χ2n) is 0. The molecule has 0 aromatic heterocycles. The molecule has 0 fully saturated rings. The van der Waals surface area contributed by atoms with Gasteiger partial charge < -0.3 is 0 Å². The minimum absolute atomic E-state index is 0.958. The van der Waals surface area contributed by atoms with Gasteiger partial charge in [0.25, 0.3) is 0 Å². The van der Waals surface area contributed by atoms with Crippen LogP contribution in [0.2, 0.25) is 0 Å². The van der Waals surface area contributed by atoms with Crippen molar-refractivity contribution in [2.75, 3.05) is 0 Å². The van der Waals surface area contributed by atoms with Crippen LogP contribution < -0.4 is 0 Å². The molecule has 0 spiro atoms. The molecule has 0 bridgehead atoms. The Kier molecular flexibility index (Phi) is 53.3. The summed E-state index contributed by atoms with van der Waals surface area (Å²) < 4.78 is 0. The van der Waals surface area contributed by atoms with Crippen molar-refractivity contribution in [2.45, 2.75) is 0 Å². The SMILES string of the molecule is [S]=[Cr].[S]=[Zn]. The molecule has 0 nitrogen and oxygen atoms in total. The van der Waals surface area contributed by atoms with Gasteiger partial charge in [-0.1, -0.05) is 0 Å². The Labute approximate surface area is 51.5 Å². The van der Waals surface area contributed by atoms with Crippen molar-refractivity contribution in [3.8, 4) is 0 Å². The van der Waals surface area contributed by atoms with Gasteiger partial charge in [-0.3, -0.25) is 0 Å². The third kappa shape index (κ3) is 9.51. The van der Waals surface area contributed by atoms with Crippen LogP contribution in [0, 0.1) is 0 Å². The van der Waals surface area contributed by atoms with Crippen LogP contribution >= 0.6 is 20.6 Å². The Morgan fingerprint density at radius 2 is 1.25 bits per heavy atom. The second-order valence-corrected chi connectivity index (χ2v) is 0. The second kappa shape index (κ2) is 23.3. The van der Waals surface area contributed by atoms with Gasteiger partial charge in [-0.2, -0.15) is 0 Å². The van der Waals surface area contributed by atoms with E-state index in [0.29, 0.717) is 0 Å². The van der Waals surface area contributed by atoms with Crippen molar-refractivity contribution in [3.05, 3.63) is 0 Å². The molecule has 0 saturated carbocycles. The summed E-state index contributed by atoms with van der Waals surface area (Å²) in [4.78, 5) is 0. The van der Waals surface area contributed by atoms with Gasteiger partial charge in [-0.15, -0.1) is 0 Å². The monoisotopic (exact) mass is 180 g/mol. The van der Waals surface area contributed by atoms with E-state index in [0.717, 1.165) is 16.6 Å². The molecule has 20 valence electrons. The molecule has 0 aliphatic carbocycles. The summed E-state index contributed by atoms with van der Waals surface area (Å²) in [6.45, 7) is 0. The first-order valence-corrected chi connectivity index (χ1v) is 6.56. The average molecular weight is 182 g/mol. The molecule has 0 aliphatic heterocycles. The summed E-state index contributed by atoms with van der Waals surface area (Å²) in [5.74, 6) is 0. The van der Waals surface area contributed by atoms with E-state index in [1.54, 1.807) is 0 Å². The van der Waals surface area contributed by atoms with Gasteiger partial charge in [0, 0.05) is 0 Å². The van der Waals surface area contributed by atoms with Gasteiger partial charge in [-0.05, 0) is 0 Å². The summed E-state index contributed by atoms with van der Waals surface area (Å²) >= 11 is 3.17. The van der Waals surface area contributed by atoms with Crippen LogP contribution in [0.5, 0.6) is 0 Å². The van der Waals surface area contributed by atoms with Crippen LogP contribution in [-0.4, -0.2) is 0 Å². The summed E-state index contributed by atoms with van der Waals surface area (Å²) in [7, 11) is 8.17. The van der Waals surface area contributed by atoms with Crippen LogP contribution in [0.4, 0.5) is 0 Å². The van der Waals surface area contributed by atoms with Crippen molar-refractivity contribution in [1.82, 2.24) is 0 Å².